The van der Waals surface area contributed by atoms with Crippen LogP contribution < -0.4 is 0 Å². The monoisotopic (exact) mass is 142 g/mol. The minimum atomic E-state index is 0.433. The third-order valence-electron chi connectivity index (χ3n) is 2.57. The summed E-state index contributed by atoms with van der Waals surface area (Å²) in [6.07, 6.45) is 5.93. The molecular formula is C8H14O2. The van der Waals surface area contributed by atoms with Crippen molar-refractivity contribution in [2.45, 2.75) is 31.8 Å². The van der Waals surface area contributed by atoms with E-state index in [0.29, 0.717) is 12.9 Å². The fourth-order valence-corrected chi connectivity index (χ4v) is 1.95. The third kappa shape index (κ3) is 1.18. The van der Waals surface area contributed by atoms with E-state index in [1.54, 1.807) is 0 Å². The molecular weight excluding hydrogens is 128 g/mol. The molecule has 10 heavy (non-hydrogen) atoms. The highest BCUT2D eigenvalue weighted by Gasteiger charge is 2.28. The molecule has 0 aromatic heterocycles. The van der Waals surface area contributed by atoms with Gasteiger partial charge in [-0.05, 0) is 18.8 Å². The summed E-state index contributed by atoms with van der Waals surface area (Å²) in [4.78, 5) is 0. The van der Waals surface area contributed by atoms with Crippen molar-refractivity contribution in [2.24, 2.45) is 5.92 Å². The van der Waals surface area contributed by atoms with Crippen molar-refractivity contribution in [1.29, 1.82) is 0 Å². The van der Waals surface area contributed by atoms with Gasteiger partial charge in [0.2, 0.25) is 0 Å². The fourth-order valence-electron chi connectivity index (χ4n) is 1.95. The van der Waals surface area contributed by atoms with Gasteiger partial charge >= 0.3 is 0 Å². The molecule has 1 saturated carbocycles. The molecule has 0 bridgehead atoms. The average molecular weight is 142 g/mol. The number of hydrogen-bond donors (Lipinski definition) is 0. The summed E-state index contributed by atoms with van der Waals surface area (Å²) in [6, 6.07) is 0. The Morgan fingerprint density at radius 3 is 2.50 bits per heavy atom. The van der Waals surface area contributed by atoms with Crippen molar-refractivity contribution in [3.63, 3.8) is 0 Å². The van der Waals surface area contributed by atoms with Gasteiger partial charge in [-0.3, -0.25) is 0 Å². The Balaban J connectivity index is 1.85. The first-order chi connectivity index (χ1) is 4.97. The summed E-state index contributed by atoms with van der Waals surface area (Å²) < 4.78 is 10.6. The van der Waals surface area contributed by atoms with Crippen molar-refractivity contribution in [2.75, 3.05) is 13.4 Å². The number of rotatable bonds is 1. The van der Waals surface area contributed by atoms with Crippen molar-refractivity contribution < 1.29 is 9.47 Å². The molecule has 2 nitrogen and oxygen atoms in total. The molecule has 1 aliphatic heterocycles. The summed E-state index contributed by atoms with van der Waals surface area (Å²) in [6.45, 7) is 1.37. The summed E-state index contributed by atoms with van der Waals surface area (Å²) in [5.74, 6) is 0.808. The zero-order chi connectivity index (χ0) is 6.81. The minimum Gasteiger partial charge on any atom is -0.353 e. The molecule has 0 amide bonds. The first kappa shape index (κ1) is 6.62. The van der Waals surface area contributed by atoms with E-state index < -0.39 is 0 Å². The second kappa shape index (κ2) is 2.89. The lowest BCUT2D eigenvalue weighted by Gasteiger charge is -2.14. The van der Waals surface area contributed by atoms with Gasteiger partial charge in [0.25, 0.3) is 0 Å². The number of hydrogen-bond acceptors (Lipinski definition) is 2. The molecule has 1 aliphatic carbocycles. The van der Waals surface area contributed by atoms with E-state index in [2.05, 4.69) is 0 Å². The first-order valence-electron chi connectivity index (χ1n) is 4.16. The van der Waals surface area contributed by atoms with Crippen molar-refractivity contribution >= 4 is 0 Å². The minimum absolute atomic E-state index is 0.433. The van der Waals surface area contributed by atoms with E-state index in [-0.39, 0.29) is 0 Å². The van der Waals surface area contributed by atoms with Gasteiger partial charge in [0.1, 0.15) is 6.79 Å². The maximum absolute atomic E-state index is 5.41. The smallest absolute Gasteiger partial charge is 0.147 e. The third-order valence-corrected chi connectivity index (χ3v) is 2.57. The van der Waals surface area contributed by atoms with E-state index in [1.807, 2.05) is 0 Å². The van der Waals surface area contributed by atoms with E-state index >= 15 is 0 Å². The summed E-state index contributed by atoms with van der Waals surface area (Å²) in [7, 11) is 0. The van der Waals surface area contributed by atoms with Crippen molar-refractivity contribution in [3.05, 3.63) is 0 Å². The maximum atomic E-state index is 5.41. The van der Waals surface area contributed by atoms with Gasteiger partial charge in [-0.15, -0.1) is 0 Å². The Morgan fingerprint density at radius 2 is 1.90 bits per heavy atom. The van der Waals surface area contributed by atoms with E-state index in [4.69, 9.17) is 9.47 Å². The highest BCUT2D eigenvalue weighted by atomic mass is 16.7. The maximum Gasteiger partial charge on any atom is 0.147 e. The van der Waals surface area contributed by atoms with E-state index in [9.17, 15) is 0 Å². The summed E-state index contributed by atoms with van der Waals surface area (Å²) in [5.41, 5.74) is 0. The highest BCUT2D eigenvalue weighted by molar-refractivity contribution is 4.76. The molecule has 0 aromatic carbocycles. The van der Waals surface area contributed by atoms with Gasteiger partial charge in [0.15, 0.2) is 0 Å². The van der Waals surface area contributed by atoms with E-state index in [1.165, 1.54) is 25.7 Å². The Hall–Kier alpha value is -0.0800. The normalized spacial score (nSPS) is 35.4. The van der Waals surface area contributed by atoms with Gasteiger partial charge < -0.3 is 9.47 Å². The zero-order valence-corrected chi connectivity index (χ0v) is 6.21. The van der Waals surface area contributed by atoms with Crippen LogP contribution in [0.4, 0.5) is 0 Å². The molecule has 2 fully saturated rings. The van der Waals surface area contributed by atoms with Crippen LogP contribution in [-0.2, 0) is 9.47 Å². The van der Waals surface area contributed by atoms with Crippen LogP contribution in [0.15, 0.2) is 0 Å². The van der Waals surface area contributed by atoms with Crippen LogP contribution in [0.1, 0.15) is 25.7 Å². The fraction of sp³-hybridized carbons (Fsp3) is 1.00. The van der Waals surface area contributed by atoms with Crippen LogP contribution >= 0.6 is 0 Å². The largest absolute Gasteiger partial charge is 0.353 e. The standard InChI is InChI=1S/C8H14O2/c1-2-4-7(3-1)8-5-9-6-10-8/h7-8H,1-6H2. The van der Waals surface area contributed by atoms with Crippen LogP contribution in [0.25, 0.3) is 0 Å². The molecule has 1 saturated heterocycles. The van der Waals surface area contributed by atoms with Gasteiger partial charge in [-0.25, -0.2) is 0 Å². The molecule has 1 atom stereocenters. The van der Waals surface area contributed by atoms with Crippen LogP contribution in [0.2, 0.25) is 0 Å². The van der Waals surface area contributed by atoms with Gasteiger partial charge in [0.05, 0.1) is 12.7 Å². The topological polar surface area (TPSA) is 18.5 Å². The lowest BCUT2D eigenvalue weighted by atomic mass is 10.0. The van der Waals surface area contributed by atoms with Crippen molar-refractivity contribution in [3.8, 4) is 0 Å². The summed E-state index contributed by atoms with van der Waals surface area (Å²) >= 11 is 0. The Morgan fingerprint density at radius 1 is 1.10 bits per heavy atom. The van der Waals surface area contributed by atoms with Crippen LogP contribution in [0, 0.1) is 5.92 Å². The molecule has 2 aliphatic rings. The average Bonchev–Trinajstić information content (AvgIpc) is 2.59. The van der Waals surface area contributed by atoms with Gasteiger partial charge in [0, 0.05) is 0 Å². The Bertz CT molecular complexity index is 87.8. The molecule has 0 spiro atoms. The highest BCUT2D eigenvalue weighted by Crippen LogP contribution is 2.30. The first-order valence-corrected chi connectivity index (χ1v) is 4.16. The summed E-state index contributed by atoms with van der Waals surface area (Å²) in [5, 5.41) is 0. The van der Waals surface area contributed by atoms with Crippen LogP contribution in [0.5, 0.6) is 0 Å². The van der Waals surface area contributed by atoms with E-state index in [0.717, 1.165) is 12.5 Å². The predicted octanol–water partition coefficient (Wildman–Crippen LogP) is 1.55. The van der Waals surface area contributed by atoms with Gasteiger partial charge in [-0.2, -0.15) is 0 Å². The number of ether oxygens (including phenoxy) is 2. The van der Waals surface area contributed by atoms with Crippen LogP contribution in [-0.4, -0.2) is 19.5 Å². The molecule has 0 N–H and O–H groups in total. The van der Waals surface area contributed by atoms with Crippen molar-refractivity contribution in [1.82, 2.24) is 0 Å². The quantitative estimate of drug-likeness (QED) is 0.553. The second-order valence-electron chi connectivity index (χ2n) is 3.24. The Kier molecular flexibility index (Phi) is 1.91. The van der Waals surface area contributed by atoms with Gasteiger partial charge in [-0.1, -0.05) is 12.8 Å². The molecule has 58 valence electrons. The lowest BCUT2D eigenvalue weighted by molar-refractivity contribution is 0.0291. The second-order valence-corrected chi connectivity index (χ2v) is 3.24. The molecule has 0 aromatic rings. The predicted molar refractivity (Wildman–Crippen MR) is 37.6 cm³/mol. The van der Waals surface area contributed by atoms with Crippen LogP contribution in [0.3, 0.4) is 0 Å². The molecule has 0 radical (unpaired) electrons. The molecule has 2 heteroatoms. The Labute approximate surface area is 61.5 Å². The molecule has 1 heterocycles. The zero-order valence-electron chi connectivity index (χ0n) is 6.21. The molecule has 2 rings (SSSR count). The molecule has 1 unspecified atom stereocenters. The lowest BCUT2D eigenvalue weighted by Crippen LogP contribution is -2.19. The SMILES string of the molecule is C1CCC(C2COCO2)C1.